The van der Waals surface area contributed by atoms with E-state index in [0.29, 0.717) is 5.95 Å². The first-order chi connectivity index (χ1) is 12.3. The van der Waals surface area contributed by atoms with Gasteiger partial charge in [-0.25, -0.2) is 4.98 Å². The van der Waals surface area contributed by atoms with Crippen LogP contribution in [-0.4, -0.2) is 23.8 Å². The Bertz CT molecular complexity index is 870. The van der Waals surface area contributed by atoms with Gasteiger partial charge in [0.25, 0.3) is 0 Å². The van der Waals surface area contributed by atoms with Gasteiger partial charge in [-0.2, -0.15) is 4.98 Å². The first kappa shape index (κ1) is 15.3. The molecule has 0 saturated carbocycles. The Morgan fingerprint density at radius 2 is 1.88 bits per heavy atom. The normalized spacial score (nSPS) is 12.0. The number of hydrogen-bond donors (Lipinski definition) is 1. The molecule has 6 heteroatoms. The number of ether oxygens (including phenoxy) is 2. The molecule has 6 nitrogen and oxygen atoms in total. The van der Waals surface area contributed by atoms with Crippen molar-refractivity contribution in [3.63, 3.8) is 0 Å². The molecule has 0 bridgehead atoms. The van der Waals surface area contributed by atoms with Gasteiger partial charge in [0.05, 0.1) is 0 Å². The fourth-order valence-electron chi connectivity index (χ4n) is 2.66. The van der Waals surface area contributed by atoms with Crippen molar-refractivity contribution in [2.75, 3.05) is 24.1 Å². The van der Waals surface area contributed by atoms with E-state index < -0.39 is 0 Å². The third kappa shape index (κ3) is 3.47. The van der Waals surface area contributed by atoms with Crippen LogP contribution in [-0.2, 0) is 6.54 Å². The molecule has 1 N–H and O–H groups in total. The SMILES string of the molecule is CN(Cc1ccccc1)c1ccnc(Nc2ccc3c(c2)OCO3)n1. The highest BCUT2D eigenvalue weighted by molar-refractivity contribution is 5.61. The maximum atomic E-state index is 5.39. The number of hydrogen-bond acceptors (Lipinski definition) is 6. The van der Waals surface area contributed by atoms with E-state index in [9.17, 15) is 0 Å². The van der Waals surface area contributed by atoms with Gasteiger partial charge >= 0.3 is 0 Å². The zero-order valence-corrected chi connectivity index (χ0v) is 13.8. The van der Waals surface area contributed by atoms with Gasteiger partial charge in [-0.1, -0.05) is 30.3 Å². The minimum Gasteiger partial charge on any atom is -0.454 e. The lowest BCUT2D eigenvalue weighted by molar-refractivity contribution is 0.174. The Hall–Kier alpha value is -3.28. The van der Waals surface area contributed by atoms with Gasteiger partial charge in [0.2, 0.25) is 12.7 Å². The van der Waals surface area contributed by atoms with Gasteiger partial charge in [-0.15, -0.1) is 0 Å². The quantitative estimate of drug-likeness (QED) is 0.769. The summed E-state index contributed by atoms with van der Waals surface area (Å²) in [4.78, 5) is 11.0. The summed E-state index contributed by atoms with van der Waals surface area (Å²) in [6.07, 6.45) is 1.75. The van der Waals surface area contributed by atoms with Crippen molar-refractivity contribution in [1.82, 2.24) is 9.97 Å². The van der Waals surface area contributed by atoms with E-state index in [4.69, 9.17) is 9.47 Å². The highest BCUT2D eigenvalue weighted by atomic mass is 16.7. The van der Waals surface area contributed by atoms with Gasteiger partial charge in [0, 0.05) is 31.5 Å². The van der Waals surface area contributed by atoms with Gasteiger partial charge in [0.15, 0.2) is 11.5 Å². The van der Waals surface area contributed by atoms with Crippen LogP contribution < -0.4 is 19.7 Å². The van der Waals surface area contributed by atoms with E-state index in [0.717, 1.165) is 29.5 Å². The first-order valence-corrected chi connectivity index (χ1v) is 8.03. The first-order valence-electron chi connectivity index (χ1n) is 8.03. The second-order valence-corrected chi connectivity index (χ2v) is 5.77. The Kier molecular flexibility index (Phi) is 4.08. The second kappa shape index (κ2) is 6.68. The van der Waals surface area contributed by atoms with Gasteiger partial charge < -0.3 is 19.7 Å². The summed E-state index contributed by atoms with van der Waals surface area (Å²) in [6.45, 7) is 1.04. The lowest BCUT2D eigenvalue weighted by Crippen LogP contribution is -2.18. The van der Waals surface area contributed by atoms with Crippen LogP contribution in [0.15, 0.2) is 60.8 Å². The minimum atomic E-state index is 0.259. The molecule has 4 rings (SSSR count). The molecule has 126 valence electrons. The largest absolute Gasteiger partial charge is 0.454 e. The van der Waals surface area contributed by atoms with Gasteiger partial charge in [0.1, 0.15) is 5.82 Å². The number of rotatable bonds is 5. The van der Waals surface area contributed by atoms with E-state index in [1.54, 1.807) is 6.20 Å². The summed E-state index contributed by atoms with van der Waals surface area (Å²) >= 11 is 0. The van der Waals surface area contributed by atoms with Crippen LogP contribution in [0.4, 0.5) is 17.5 Å². The summed E-state index contributed by atoms with van der Waals surface area (Å²) in [6, 6.07) is 17.9. The molecule has 2 heterocycles. The molecule has 0 fully saturated rings. The van der Waals surface area contributed by atoms with Crippen LogP contribution in [0.1, 0.15) is 5.56 Å². The molecule has 3 aromatic rings. The van der Waals surface area contributed by atoms with Crippen LogP contribution in [0.25, 0.3) is 0 Å². The summed E-state index contributed by atoms with van der Waals surface area (Å²) in [5, 5.41) is 3.21. The third-order valence-corrected chi connectivity index (χ3v) is 3.92. The van der Waals surface area contributed by atoms with Crippen LogP contribution in [0.5, 0.6) is 11.5 Å². The molecule has 1 aliphatic rings. The topological polar surface area (TPSA) is 59.5 Å². The molecule has 0 radical (unpaired) electrons. The highest BCUT2D eigenvalue weighted by Crippen LogP contribution is 2.34. The molecule has 25 heavy (non-hydrogen) atoms. The summed E-state index contributed by atoms with van der Waals surface area (Å²) < 4.78 is 10.7. The standard InChI is InChI=1S/C19H18N4O2/c1-23(12-14-5-3-2-4-6-14)18-9-10-20-19(22-18)21-15-7-8-16-17(11-15)25-13-24-16/h2-11H,12-13H2,1H3,(H,20,21,22). The molecule has 0 unspecified atom stereocenters. The minimum absolute atomic E-state index is 0.259. The maximum Gasteiger partial charge on any atom is 0.231 e. The van der Waals surface area contributed by atoms with Crippen molar-refractivity contribution in [3.05, 3.63) is 66.4 Å². The molecular weight excluding hydrogens is 316 g/mol. The van der Waals surface area contributed by atoms with Crippen molar-refractivity contribution < 1.29 is 9.47 Å². The molecule has 1 aromatic heterocycles. The number of aromatic nitrogens is 2. The Morgan fingerprint density at radius 3 is 2.76 bits per heavy atom. The zero-order chi connectivity index (χ0) is 17.1. The molecule has 0 saturated heterocycles. The van der Waals surface area contributed by atoms with Gasteiger partial charge in [-0.3, -0.25) is 0 Å². The molecule has 0 spiro atoms. The van der Waals surface area contributed by atoms with E-state index in [-0.39, 0.29) is 6.79 Å². The average molecular weight is 334 g/mol. The molecule has 0 aliphatic carbocycles. The van der Waals surface area contributed by atoms with Crippen molar-refractivity contribution in [3.8, 4) is 11.5 Å². The van der Waals surface area contributed by atoms with E-state index >= 15 is 0 Å². The average Bonchev–Trinajstić information content (AvgIpc) is 3.10. The lowest BCUT2D eigenvalue weighted by Gasteiger charge is -2.18. The summed E-state index contributed by atoms with van der Waals surface area (Å²) in [5.74, 6) is 2.86. The molecular formula is C19H18N4O2. The van der Waals surface area contributed by atoms with Crippen LogP contribution in [0, 0.1) is 0 Å². The maximum absolute atomic E-state index is 5.39. The monoisotopic (exact) mass is 334 g/mol. The third-order valence-electron chi connectivity index (χ3n) is 3.92. The Labute approximate surface area is 146 Å². The highest BCUT2D eigenvalue weighted by Gasteiger charge is 2.13. The van der Waals surface area contributed by atoms with Gasteiger partial charge in [-0.05, 0) is 23.8 Å². The molecule has 0 atom stereocenters. The van der Waals surface area contributed by atoms with Crippen molar-refractivity contribution in [1.29, 1.82) is 0 Å². The van der Waals surface area contributed by atoms with Crippen LogP contribution in [0.3, 0.4) is 0 Å². The van der Waals surface area contributed by atoms with Crippen LogP contribution in [0.2, 0.25) is 0 Å². The fraction of sp³-hybridized carbons (Fsp3) is 0.158. The van der Waals surface area contributed by atoms with E-state index in [1.807, 2.05) is 49.5 Å². The van der Waals surface area contributed by atoms with Crippen molar-refractivity contribution >= 4 is 17.5 Å². The second-order valence-electron chi connectivity index (χ2n) is 5.77. The van der Waals surface area contributed by atoms with Crippen molar-refractivity contribution in [2.45, 2.75) is 6.54 Å². The van der Waals surface area contributed by atoms with Crippen LogP contribution >= 0.6 is 0 Å². The summed E-state index contributed by atoms with van der Waals surface area (Å²) in [7, 11) is 2.01. The Balaban J connectivity index is 1.49. The number of nitrogens with zero attached hydrogens (tertiary/aromatic N) is 3. The molecule has 1 aliphatic heterocycles. The number of fused-ring (bicyclic) bond motifs is 1. The number of benzene rings is 2. The van der Waals surface area contributed by atoms with E-state index in [2.05, 4.69) is 32.3 Å². The van der Waals surface area contributed by atoms with Crippen molar-refractivity contribution in [2.24, 2.45) is 0 Å². The Morgan fingerprint density at radius 1 is 1.04 bits per heavy atom. The number of anilines is 3. The predicted molar refractivity (Wildman–Crippen MR) is 96.4 cm³/mol. The summed E-state index contributed by atoms with van der Waals surface area (Å²) in [5.41, 5.74) is 2.08. The number of nitrogens with one attached hydrogen (secondary N) is 1. The molecule has 0 amide bonds. The smallest absolute Gasteiger partial charge is 0.231 e. The predicted octanol–water partition coefficient (Wildman–Crippen LogP) is 3.59. The fourth-order valence-corrected chi connectivity index (χ4v) is 2.66. The lowest BCUT2D eigenvalue weighted by atomic mass is 10.2. The zero-order valence-electron chi connectivity index (χ0n) is 13.8. The van der Waals surface area contributed by atoms with E-state index in [1.165, 1.54) is 5.56 Å². The molecule has 2 aromatic carbocycles.